The summed E-state index contributed by atoms with van der Waals surface area (Å²) in [5.41, 5.74) is 3.68. The molecule has 0 fully saturated rings. The van der Waals surface area contributed by atoms with E-state index in [0.29, 0.717) is 11.7 Å². The lowest BCUT2D eigenvalue weighted by Crippen LogP contribution is -2.11. The zero-order chi connectivity index (χ0) is 25.7. The molecule has 2 aromatic carbocycles. The predicted molar refractivity (Wildman–Crippen MR) is 147 cm³/mol. The number of pyridine rings is 1. The van der Waals surface area contributed by atoms with Crippen LogP contribution in [0.2, 0.25) is 0 Å². The van der Waals surface area contributed by atoms with Gasteiger partial charge in [0.05, 0.1) is 17.2 Å². The molecule has 186 valence electrons. The number of aromatic nitrogens is 2. The maximum atomic E-state index is 13.5. The monoisotopic (exact) mass is 521 g/mol. The molecule has 0 bridgehead atoms. The standard InChI is InChI=1S/C28H28FN3O2S2/c1-5-19-10-6-7-13-22(19)25-26(20-11-8-12-21(18-20)34-17-16-28(2,3)4)35-27(31-25)32-36(33)24-15-9-14-23(29)30-24/h5-15,18H,1,16-17H2,2-4H3,(H,31,32). The molecule has 1 unspecified atom stereocenters. The van der Waals surface area contributed by atoms with Crippen molar-refractivity contribution in [2.75, 3.05) is 11.3 Å². The summed E-state index contributed by atoms with van der Waals surface area (Å²) in [4.78, 5) is 9.39. The molecule has 8 heteroatoms. The Kier molecular flexibility index (Phi) is 7.96. The Bertz CT molecular complexity index is 1400. The fraction of sp³-hybridized carbons (Fsp3) is 0.214. The van der Waals surface area contributed by atoms with E-state index in [1.54, 1.807) is 6.08 Å². The third kappa shape index (κ3) is 6.44. The second kappa shape index (κ2) is 11.1. The third-order valence-electron chi connectivity index (χ3n) is 5.34. The lowest BCUT2D eigenvalue weighted by atomic mass is 9.93. The molecular formula is C28H28FN3O2S2. The minimum Gasteiger partial charge on any atom is -0.494 e. The Morgan fingerprint density at radius 3 is 2.61 bits per heavy atom. The largest absolute Gasteiger partial charge is 0.494 e. The van der Waals surface area contributed by atoms with Crippen molar-refractivity contribution in [1.82, 2.24) is 9.97 Å². The fourth-order valence-electron chi connectivity index (χ4n) is 3.46. The number of benzene rings is 2. The second-order valence-corrected chi connectivity index (χ2v) is 11.5. The number of ether oxygens (including phenoxy) is 1. The van der Waals surface area contributed by atoms with E-state index < -0.39 is 16.9 Å². The highest BCUT2D eigenvalue weighted by Crippen LogP contribution is 2.41. The molecule has 0 radical (unpaired) electrons. The molecule has 1 N–H and O–H groups in total. The summed E-state index contributed by atoms with van der Waals surface area (Å²) >= 11 is 1.36. The minimum absolute atomic E-state index is 0.0917. The van der Waals surface area contributed by atoms with E-state index in [1.807, 2.05) is 48.5 Å². The molecule has 0 saturated carbocycles. The van der Waals surface area contributed by atoms with Crippen molar-refractivity contribution >= 4 is 33.5 Å². The highest BCUT2D eigenvalue weighted by molar-refractivity contribution is 7.86. The molecule has 36 heavy (non-hydrogen) atoms. The van der Waals surface area contributed by atoms with Gasteiger partial charge in [0, 0.05) is 5.56 Å². The van der Waals surface area contributed by atoms with Crippen molar-refractivity contribution in [3.05, 3.63) is 84.8 Å². The second-order valence-electron chi connectivity index (χ2n) is 9.34. The topological polar surface area (TPSA) is 64.1 Å². The van der Waals surface area contributed by atoms with Crippen LogP contribution in [0.25, 0.3) is 27.8 Å². The molecule has 5 nitrogen and oxygen atoms in total. The predicted octanol–water partition coefficient (Wildman–Crippen LogP) is 7.60. The van der Waals surface area contributed by atoms with Crippen LogP contribution < -0.4 is 9.46 Å². The Hall–Kier alpha value is -3.36. The van der Waals surface area contributed by atoms with Gasteiger partial charge in [0.2, 0.25) is 5.95 Å². The summed E-state index contributed by atoms with van der Waals surface area (Å²) in [7, 11) is -1.77. The van der Waals surface area contributed by atoms with E-state index >= 15 is 0 Å². The summed E-state index contributed by atoms with van der Waals surface area (Å²) in [6.45, 7) is 11.1. The van der Waals surface area contributed by atoms with Crippen LogP contribution in [0, 0.1) is 11.4 Å². The summed E-state index contributed by atoms with van der Waals surface area (Å²) in [6.07, 6.45) is 2.72. The quantitative estimate of drug-likeness (QED) is 0.230. The van der Waals surface area contributed by atoms with E-state index in [0.717, 1.165) is 39.4 Å². The molecule has 0 aliphatic heterocycles. The number of anilines is 1. The van der Waals surface area contributed by atoms with Crippen molar-refractivity contribution in [3.8, 4) is 27.4 Å². The smallest absolute Gasteiger partial charge is 0.214 e. The van der Waals surface area contributed by atoms with Crippen LogP contribution in [-0.2, 0) is 11.0 Å². The molecule has 0 saturated heterocycles. The highest BCUT2D eigenvalue weighted by atomic mass is 32.2. The number of halogens is 1. The molecule has 0 spiro atoms. The molecule has 1 atom stereocenters. The number of hydrogen-bond acceptors (Lipinski definition) is 5. The van der Waals surface area contributed by atoms with Crippen LogP contribution in [0.3, 0.4) is 0 Å². The molecule has 0 amide bonds. The lowest BCUT2D eigenvalue weighted by molar-refractivity contribution is 0.243. The highest BCUT2D eigenvalue weighted by Gasteiger charge is 2.19. The van der Waals surface area contributed by atoms with E-state index in [-0.39, 0.29) is 10.4 Å². The van der Waals surface area contributed by atoms with E-state index in [4.69, 9.17) is 9.72 Å². The SMILES string of the molecule is C=Cc1ccccc1-c1nc(NS(=O)c2cccc(F)n2)sc1-c1cccc(OCCC(C)(C)C)c1. The number of rotatable bonds is 9. The number of nitrogens with zero attached hydrogens (tertiary/aromatic N) is 2. The van der Waals surface area contributed by atoms with Gasteiger partial charge in [0.25, 0.3) is 0 Å². The summed E-state index contributed by atoms with van der Waals surface area (Å²) in [5.74, 6) is 0.0847. The van der Waals surface area contributed by atoms with E-state index in [1.165, 1.54) is 29.5 Å². The van der Waals surface area contributed by atoms with Crippen LogP contribution >= 0.6 is 11.3 Å². The molecule has 0 aliphatic carbocycles. The van der Waals surface area contributed by atoms with Crippen LogP contribution in [0.15, 0.2) is 78.3 Å². The molecule has 4 rings (SSSR count). The van der Waals surface area contributed by atoms with Crippen molar-refractivity contribution in [3.63, 3.8) is 0 Å². The lowest BCUT2D eigenvalue weighted by Gasteiger charge is -2.18. The first-order valence-corrected chi connectivity index (χ1v) is 13.5. The van der Waals surface area contributed by atoms with Gasteiger partial charge in [-0.15, -0.1) is 0 Å². The van der Waals surface area contributed by atoms with Crippen LogP contribution in [0.1, 0.15) is 32.8 Å². The van der Waals surface area contributed by atoms with Gasteiger partial charge in [0.15, 0.2) is 21.1 Å². The Balaban J connectivity index is 1.71. The Morgan fingerprint density at radius 2 is 1.86 bits per heavy atom. The van der Waals surface area contributed by atoms with E-state index in [9.17, 15) is 8.60 Å². The van der Waals surface area contributed by atoms with Gasteiger partial charge < -0.3 is 4.74 Å². The summed E-state index contributed by atoms with van der Waals surface area (Å²) < 4.78 is 35.3. The van der Waals surface area contributed by atoms with Gasteiger partial charge in [-0.3, -0.25) is 4.72 Å². The first-order valence-electron chi connectivity index (χ1n) is 11.5. The first kappa shape index (κ1) is 25.7. The van der Waals surface area contributed by atoms with Gasteiger partial charge in [-0.1, -0.05) is 87.2 Å². The average Bonchev–Trinajstić information content (AvgIpc) is 3.27. The molecule has 4 aromatic rings. The van der Waals surface area contributed by atoms with Gasteiger partial charge in [-0.25, -0.2) is 14.2 Å². The van der Waals surface area contributed by atoms with Crippen LogP contribution in [0.5, 0.6) is 5.75 Å². The van der Waals surface area contributed by atoms with Gasteiger partial charge in [0.1, 0.15) is 5.75 Å². The van der Waals surface area contributed by atoms with Crippen LogP contribution in [-0.4, -0.2) is 20.8 Å². The first-order chi connectivity index (χ1) is 17.2. The number of hydrogen-bond donors (Lipinski definition) is 1. The summed E-state index contributed by atoms with van der Waals surface area (Å²) in [6, 6.07) is 19.9. The average molecular weight is 522 g/mol. The molecule has 2 heterocycles. The van der Waals surface area contributed by atoms with Gasteiger partial charge >= 0.3 is 0 Å². The van der Waals surface area contributed by atoms with Crippen molar-refractivity contribution in [1.29, 1.82) is 0 Å². The maximum absolute atomic E-state index is 13.5. The van der Waals surface area contributed by atoms with Crippen molar-refractivity contribution < 1.29 is 13.3 Å². The Labute approximate surface area is 217 Å². The van der Waals surface area contributed by atoms with Crippen LogP contribution in [0.4, 0.5) is 9.52 Å². The number of thiazole rings is 1. The normalized spacial score (nSPS) is 12.2. The van der Waals surface area contributed by atoms with Crippen molar-refractivity contribution in [2.45, 2.75) is 32.2 Å². The zero-order valence-electron chi connectivity index (χ0n) is 20.5. The fourth-order valence-corrected chi connectivity index (χ4v) is 5.36. The zero-order valence-corrected chi connectivity index (χ0v) is 22.1. The van der Waals surface area contributed by atoms with Gasteiger partial charge in [-0.05, 0) is 47.2 Å². The summed E-state index contributed by atoms with van der Waals surface area (Å²) in [5, 5.41) is 0.524. The van der Waals surface area contributed by atoms with Gasteiger partial charge in [-0.2, -0.15) is 4.39 Å². The van der Waals surface area contributed by atoms with E-state index in [2.05, 4.69) is 37.1 Å². The van der Waals surface area contributed by atoms with Crippen molar-refractivity contribution in [2.24, 2.45) is 5.41 Å². The molecular weight excluding hydrogens is 493 g/mol. The molecule has 2 aromatic heterocycles. The Morgan fingerprint density at radius 1 is 1.08 bits per heavy atom. The molecule has 0 aliphatic rings. The minimum atomic E-state index is -1.77. The third-order valence-corrected chi connectivity index (χ3v) is 7.47. The maximum Gasteiger partial charge on any atom is 0.214 e. The number of nitrogens with one attached hydrogen (secondary N) is 1.